The molecule has 1 aromatic carbocycles. The third-order valence-electron chi connectivity index (χ3n) is 4.38. The first-order chi connectivity index (χ1) is 11.5. The zero-order chi connectivity index (χ0) is 17.3. The van der Waals surface area contributed by atoms with Crippen LogP contribution in [0.15, 0.2) is 28.9 Å². The molecule has 6 heteroatoms. The Morgan fingerprint density at radius 3 is 2.42 bits per heavy atom. The van der Waals surface area contributed by atoms with E-state index in [-0.39, 0.29) is 0 Å². The molecule has 126 valence electrons. The van der Waals surface area contributed by atoms with E-state index in [2.05, 4.69) is 55.2 Å². The molecule has 0 fully saturated rings. The van der Waals surface area contributed by atoms with Crippen LogP contribution in [-0.4, -0.2) is 32.0 Å². The minimum Gasteiger partial charge on any atom is -0.296 e. The van der Waals surface area contributed by atoms with Crippen LogP contribution in [-0.2, 0) is 13.1 Å². The lowest BCUT2D eigenvalue weighted by molar-refractivity contribution is 0.279. The predicted molar refractivity (Wildman–Crippen MR) is 92.0 cm³/mol. The van der Waals surface area contributed by atoms with Gasteiger partial charge < -0.3 is 0 Å². The summed E-state index contributed by atoms with van der Waals surface area (Å²) in [5.41, 5.74) is 7.52. The van der Waals surface area contributed by atoms with Gasteiger partial charge in [0.2, 0.25) is 0 Å². The number of hydrogen-bond donors (Lipinski definition) is 0. The molecule has 0 N–H and O–H groups in total. The molecule has 0 atom stereocenters. The van der Waals surface area contributed by atoms with Crippen LogP contribution in [0, 0.1) is 27.7 Å². The van der Waals surface area contributed by atoms with Crippen molar-refractivity contribution in [2.45, 2.75) is 40.8 Å². The van der Waals surface area contributed by atoms with Crippen molar-refractivity contribution in [3.8, 4) is 5.69 Å². The van der Waals surface area contributed by atoms with E-state index in [1.165, 1.54) is 16.8 Å². The van der Waals surface area contributed by atoms with Crippen molar-refractivity contribution in [1.82, 2.24) is 25.0 Å². The highest BCUT2D eigenvalue weighted by Crippen LogP contribution is 2.21. The van der Waals surface area contributed by atoms with E-state index in [0.717, 1.165) is 29.3 Å². The standard InChI is InChI=1S/C18H23N5O/c1-12-8-6-7-9-18(12)23-15(4)16(13(2)19-23)10-22(5)11-17-14(3)20-24-21-17/h6-9H,10-11H2,1-5H3. The number of hydrogen-bond acceptors (Lipinski definition) is 5. The van der Waals surface area contributed by atoms with Gasteiger partial charge in [-0.2, -0.15) is 5.10 Å². The molecule has 0 bridgehead atoms. The van der Waals surface area contributed by atoms with E-state index in [0.29, 0.717) is 6.54 Å². The van der Waals surface area contributed by atoms with Crippen molar-refractivity contribution in [2.24, 2.45) is 0 Å². The molecule has 0 aliphatic rings. The molecule has 0 saturated carbocycles. The molecule has 0 spiro atoms. The van der Waals surface area contributed by atoms with Crippen molar-refractivity contribution in [3.63, 3.8) is 0 Å². The maximum Gasteiger partial charge on any atom is 0.122 e. The molecule has 0 radical (unpaired) electrons. The molecule has 0 aliphatic heterocycles. The fourth-order valence-corrected chi connectivity index (χ4v) is 2.91. The zero-order valence-corrected chi connectivity index (χ0v) is 14.9. The normalized spacial score (nSPS) is 11.4. The Bertz CT molecular complexity index is 849. The van der Waals surface area contributed by atoms with Gasteiger partial charge in [-0.05, 0) is 46.4 Å². The van der Waals surface area contributed by atoms with E-state index in [1.807, 2.05) is 23.7 Å². The Hall–Kier alpha value is -2.47. The maximum atomic E-state index is 4.78. The summed E-state index contributed by atoms with van der Waals surface area (Å²) in [5, 5.41) is 12.5. The number of aromatic nitrogens is 4. The Balaban J connectivity index is 1.84. The Labute approximate surface area is 142 Å². The van der Waals surface area contributed by atoms with Gasteiger partial charge >= 0.3 is 0 Å². The van der Waals surface area contributed by atoms with Crippen LogP contribution in [0.4, 0.5) is 0 Å². The van der Waals surface area contributed by atoms with Crippen LogP contribution in [0.5, 0.6) is 0 Å². The summed E-state index contributed by atoms with van der Waals surface area (Å²) in [6.45, 7) is 9.70. The van der Waals surface area contributed by atoms with Crippen molar-refractivity contribution in [3.05, 3.63) is 58.2 Å². The SMILES string of the molecule is Cc1ccccc1-n1nc(C)c(CN(C)Cc2nonc2C)c1C. The maximum absolute atomic E-state index is 4.78. The van der Waals surface area contributed by atoms with Gasteiger partial charge in [0.25, 0.3) is 0 Å². The third kappa shape index (κ3) is 3.10. The van der Waals surface area contributed by atoms with E-state index in [1.54, 1.807) is 0 Å². The smallest absolute Gasteiger partial charge is 0.122 e. The van der Waals surface area contributed by atoms with Gasteiger partial charge in [0, 0.05) is 24.3 Å². The number of nitrogens with zero attached hydrogens (tertiary/aromatic N) is 5. The van der Waals surface area contributed by atoms with Gasteiger partial charge in [0.1, 0.15) is 11.4 Å². The Kier molecular flexibility index (Phi) is 4.49. The molecule has 2 heterocycles. The van der Waals surface area contributed by atoms with E-state index in [4.69, 9.17) is 9.73 Å². The Morgan fingerprint density at radius 1 is 1.00 bits per heavy atom. The fraction of sp³-hybridized carbons (Fsp3) is 0.389. The van der Waals surface area contributed by atoms with Gasteiger partial charge in [-0.15, -0.1) is 0 Å². The zero-order valence-electron chi connectivity index (χ0n) is 14.9. The van der Waals surface area contributed by atoms with Crippen LogP contribution in [0.3, 0.4) is 0 Å². The highest BCUT2D eigenvalue weighted by molar-refractivity contribution is 5.42. The van der Waals surface area contributed by atoms with Crippen molar-refractivity contribution >= 4 is 0 Å². The predicted octanol–water partition coefficient (Wildman–Crippen LogP) is 3.12. The largest absolute Gasteiger partial charge is 0.296 e. The first-order valence-corrected chi connectivity index (χ1v) is 8.05. The lowest BCUT2D eigenvalue weighted by Crippen LogP contribution is -2.19. The number of aryl methyl sites for hydroxylation is 3. The topological polar surface area (TPSA) is 60.0 Å². The molecule has 2 aromatic heterocycles. The number of benzene rings is 1. The molecule has 0 aliphatic carbocycles. The quantitative estimate of drug-likeness (QED) is 0.721. The highest BCUT2D eigenvalue weighted by atomic mass is 16.6. The average molecular weight is 325 g/mol. The van der Waals surface area contributed by atoms with E-state index >= 15 is 0 Å². The molecule has 6 nitrogen and oxygen atoms in total. The van der Waals surface area contributed by atoms with Gasteiger partial charge in [-0.25, -0.2) is 9.31 Å². The minimum absolute atomic E-state index is 0.698. The van der Waals surface area contributed by atoms with Crippen molar-refractivity contribution < 1.29 is 4.63 Å². The van der Waals surface area contributed by atoms with Crippen LogP contribution < -0.4 is 0 Å². The van der Waals surface area contributed by atoms with Gasteiger partial charge in [-0.3, -0.25) is 4.90 Å². The van der Waals surface area contributed by atoms with Crippen molar-refractivity contribution in [2.75, 3.05) is 7.05 Å². The summed E-state index contributed by atoms with van der Waals surface area (Å²) >= 11 is 0. The summed E-state index contributed by atoms with van der Waals surface area (Å²) in [6.07, 6.45) is 0. The summed E-state index contributed by atoms with van der Waals surface area (Å²) in [5.74, 6) is 0. The summed E-state index contributed by atoms with van der Waals surface area (Å²) in [7, 11) is 2.07. The molecular weight excluding hydrogens is 302 g/mol. The summed E-state index contributed by atoms with van der Waals surface area (Å²) in [6, 6.07) is 8.31. The molecule has 24 heavy (non-hydrogen) atoms. The van der Waals surface area contributed by atoms with E-state index in [9.17, 15) is 0 Å². The van der Waals surface area contributed by atoms with Gasteiger partial charge in [0.05, 0.1) is 11.4 Å². The van der Waals surface area contributed by atoms with Crippen LogP contribution in [0.2, 0.25) is 0 Å². The monoisotopic (exact) mass is 325 g/mol. The summed E-state index contributed by atoms with van der Waals surface area (Å²) < 4.78 is 6.81. The van der Waals surface area contributed by atoms with Crippen LogP contribution in [0.1, 0.15) is 33.9 Å². The average Bonchev–Trinajstić information content (AvgIpc) is 3.06. The first kappa shape index (κ1) is 16.4. The third-order valence-corrected chi connectivity index (χ3v) is 4.38. The lowest BCUT2D eigenvalue weighted by atomic mass is 10.1. The van der Waals surface area contributed by atoms with Gasteiger partial charge in [-0.1, -0.05) is 28.5 Å². The lowest BCUT2D eigenvalue weighted by Gasteiger charge is -2.15. The molecule has 3 rings (SSSR count). The number of para-hydroxylation sites is 1. The van der Waals surface area contributed by atoms with Gasteiger partial charge in [0.15, 0.2) is 0 Å². The van der Waals surface area contributed by atoms with E-state index < -0.39 is 0 Å². The minimum atomic E-state index is 0.698. The first-order valence-electron chi connectivity index (χ1n) is 8.05. The summed E-state index contributed by atoms with van der Waals surface area (Å²) in [4.78, 5) is 2.20. The second-order valence-corrected chi connectivity index (χ2v) is 6.32. The second kappa shape index (κ2) is 6.57. The second-order valence-electron chi connectivity index (χ2n) is 6.32. The Morgan fingerprint density at radius 2 is 1.75 bits per heavy atom. The molecule has 0 saturated heterocycles. The molecular formula is C18H23N5O. The van der Waals surface area contributed by atoms with Crippen LogP contribution in [0.25, 0.3) is 5.69 Å². The highest BCUT2D eigenvalue weighted by Gasteiger charge is 2.16. The van der Waals surface area contributed by atoms with Crippen molar-refractivity contribution in [1.29, 1.82) is 0 Å². The fourth-order valence-electron chi connectivity index (χ4n) is 2.91. The molecule has 0 amide bonds. The molecule has 3 aromatic rings. The van der Waals surface area contributed by atoms with Crippen LogP contribution >= 0.6 is 0 Å². The number of rotatable bonds is 5. The molecule has 0 unspecified atom stereocenters.